The number of ether oxygens (including phenoxy) is 1. The van der Waals surface area contributed by atoms with Crippen LogP contribution in [0.15, 0.2) is 17.4 Å². The van der Waals surface area contributed by atoms with Crippen LogP contribution in [0, 0.1) is 12.8 Å². The highest BCUT2D eigenvalue weighted by Crippen LogP contribution is 2.19. The molecule has 0 saturated heterocycles. The number of hydrogen-bond acceptors (Lipinski definition) is 4. The van der Waals surface area contributed by atoms with Gasteiger partial charge in [0.2, 0.25) is 5.88 Å². The molecule has 5 heteroatoms. The summed E-state index contributed by atoms with van der Waals surface area (Å²) >= 11 is 0. The summed E-state index contributed by atoms with van der Waals surface area (Å²) in [6.07, 6.45) is 2.58. The van der Waals surface area contributed by atoms with Gasteiger partial charge in [-0.15, -0.1) is 0 Å². The van der Waals surface area contributed by atoms with Crippen LogP contribution >= 0.6 is 0 Å². The molecule has 0 aliphatic heterocycles. The van der Waals surface area contributed by atoms with Gasteiger partial charge in [-0.3, -0.25) is 0 Å². The molecule has 1 aromatic rings. The summed E-state index contributed by atoms with van der Waals surface area (Å²) in [5, 5.41) is 11.7. The molecule has 3 N–H and O–H groups in total. The van der Waals surface area contributed by atoms with E-state index in [1.54, 1.807) is 12.3 Å². The lowest BCUT2D eigenvalue weighted by Crippen LogP contribution is -2.17. The van der Waals surface area contributed by atoms with E-state index >= 15 is 0 Å². The molecule has 0 aliphatic carbocycles. The van der Waals surface area contributed by atoms with Crippen molar-refractivity contribution in [3.05, 3.63) is 23.4 Å². The molecular formula is C12H19N3O2. The molecule has 1 rings (SSSR count). The highest BCUT2D eigenvalue weighted by Gasteiger charge is 2.13. The van der Waals surface area contributed by atoms with E-state index in [0.29, 0.717) is 24.0 Å². The number of hydrogen-bond donors (Lipinski definition) is 2. The van der Waals surface area contributed by atoms with E-state index in [1.165, 1.54) is 0 Å². The number of oxime groups is 1. The second-order valence-corrected chi connectivity index (χ2v) is 4.32. The van der Waals surface area contributed by atoms with E-state index in [4.69, 9.17) is 15.7 Å². The van der Waals surface area contributed by atoms with Crippen LogP contribution in [0.4, 0.5) is 0 Å². The van der Waals surface area contributed by atoms with E-state index in [2.05, 4.69) is 24.0 Å². The topological polar surface area (TPSA) is 80.7 Å². The van der Waals surface area contributed by atoms with Crippen LogP contribution in [0.2, 0.25) is 0 Å². The number of pyridine rings is 1. The van der Waals surface area contributed by atoms with Gasteiger partial charge >= 0.3 is 0 Å². The number of aromatic nitrogens is 1. The molecule has 5 nitrogen and oxygen atoms in total. The number of amidine groups is 1. The van der Waals surface area contributed by atoms with Crippen molar-refractivity contribution >= 4 is 5.84 Å². The maximum Gasteiger partial charge on any atom is 0.224 e. The van der Waals surface area contributed by atoms with Gasteiger partial charge in [-0.05, 0) is 30.9 Å². The lowest BCUT2D eigenvalue weighted by Gasteiger charge is -2.12. The molecule has 0 amide bonds. The fourth-order valence-corrected chi connectivity index (χ4v) is 1.40. The van der Waals surface area contributed by atoms with Crippen LogP contribution in [0.25, 0.3) is 0 Å². The molecule has 0 radical (unpaired) electrons. The number of rotatable bonds is 5. The lowest BCUT2D eigenvalue weighted by molar-refractivity contribution is 0.278. The Bertz CT molecular complexity index is 403. The van der Waals surface area contributed by atoms with Crippen molar-refractivity contribution in [2.45, 2.75) is 27.2 Å². The fourth-order valence-electron chi connectivity index (χ4n) is 1.40. The van der Waals surface area contributed by atoms with Crippen LogP contribution in [0.3, 0.4) is 0 Å². The fraction of sp³-hybridized carbons (Fsp3) is 0.500. The van der Waals surface area contributed by atoms with Crippen LogP contribution in [-0.4, -0.2) is 22.6 Å². The third-order valence-electron chi connectivity index (χ3n) is 2.42. The summed E-state index contributed by atoms with van der Waals surface area (Å²) < 4.78 is 5.57. The average Bonchev–Trinajstić information content (AvgIpc) is 2.28. The molecule has 0 aliphatic rings. The number of aryl methyl sites for hydroxylation is 1. The monoisotopic (exact) mass is 237 g/mol. The molecule has 1 heterocycles. The van der Waals surface area contributed by atoms with Gasteiger partial charge in [0.1, 0.15) is 0 Å². The maximum absolute atomic E-state index is 8.73. The third kappa shape index (κ3) is 3.62. The normalized spacial score (nSPS) is 11.9. The lowest BCUT2D eigenvalue weighted by atomic mass is 10.1. The van der Waals surface area contributed by atoms with Crippen LogP contribution < -0.4 is 10.5 Å². The first-order valence-corrected chi connectivity index (χ1v) is 5.62. The predicted octanol–water partition coefficient (Wildman–Crippen LogP) is 1.91. The third-order valence-corrected chi connectivity index (χ3v) is 2.42. The first kappa shape index (κ1) is 13.3. The molecule has 0 saturated carbocycles. The summed E-state index contributed by atoms with van der Waals surface area (Å²) in [7, 11) is 0. The van der Waals surface area contributed by atoms with Crippen molar-refractivity contribution in [1.82, 2.24) is 4.98 Å². The summed E-state index contributed by atoms with van der Waals surface area (Å²) in [4.78, 5) is 4.11. The van der Waals surface area contributed by atoms with Gasteiger partial charge in [0.15, 0.2) is 5.84 Å². The van der Waals surface area contributed by atoms with Crippen molar-refractivity contribution in [3.8, 4) is 5.88 Å². The zero-order valence-electron chi connectivity index (χ0n) is 10.5. The molecule has 0 fully saturated rings. The molecule has 0 spiro atoms. The number of nitrogens with zero attached hydrogens (tertiary/aromatic N) is 2. The summed E-state index contributed by atoms with van der Waals surface area (Å²) in [5.41, 5.74) is 7.03. The minimum Gasteiger partial charge on any atom is -0.477 e. The highest BCUT2D eigenvalue weighted by molar-refractivity contribution is 6.00. The average molecular weight is 237 g/mol. The molecule has 0 atom stereocenters. The number of nitrogens with two attached hydrogens (primary N) is 1. The van der Waals surface area contributed by atoms with Crippen molar-refractivity contribution in [2.75, 3.05) is 6.61 Å². The second kappa shape index (κ2) is 6.08. The van der Waals surface area contributed by atoms with Crippen molar-refractivity contribution in [2.24, 2.45) is 16.8 Å². The Morgan fingerprint density at radius 1 is 1.59 bits per heavy atom. The minimum absolute atomic E-state index is 0.0233. The van der Waals surface area contributed by atoms with Crippen LogP contribution in [-0.2, 0) is 0 Å². The Morgan fingerprint density at radius 2 is 2.29 bits per heavy atom. The Hall–Kier alpha value is -1.78. The summed E-state index contributed by atoms with van der Waals surface area (Å²) in [5.74, 6) is 1.00. The van der Waals surface area contributed by atoms with Crippen molar-refractivity contribution in [1.29, 1.82) is 0 Å². The molecule has 1 aromatic heterocycles. The van der Waals surface area contributed by atoms with Crippen LogP contribution in [0.5, 0.6) is 5.88 Å². The van der Waals surface area contributed by atoms with Crippen molar-refractivity contribution in [3.63, 3.8) is 0 Å². The first-order chi connectivity index (χ1) is 8.06. The van der Waals surface area contributed by atoms with E-state index in [0.717, 1.165) is 12.0 Å². The maximum atomic E-state index is 8.73. The molecule has 0 aromatic carbocycles. The van der Waals surface area contributed by atoms with Gasteiger partial charge in [-0.1, -0.05) is 19.0 Å². The largest absolute Gasteiger partial charge is 0.477 e. The zero-order chi connectivity index (χ0) is 12.8. The Labute approximate surface area is 101 Å². The second-order valence-electron chi connectivity index (χ2n) is 4.32. The minimum atomic E-state index is 0.0233. The predicted molar refractivity (Wildman–Crippen MR) is 66.4 cm³/mol. The van der Waals surface area contributed by atoms with Gasteiger partial charge in [0.05, 0.1) is 12.2 Å². The van der Waals surface area contributed by atoms with Gasteiger partial charge in [0.25, 0.3) is 0 Å². The Balaban J connectivity index is 2.88. The quantitative estimate of drug-likeness (QED) is 0.355. The molecule has 0 bridgehead atoms. The van der Waals surface area contributed by atoms with Crippen molar-refractivity contribution < 1.29 is 9.94 Å². The van der Waals surface area contributed by atoms with E-state index in [9.17, 15) is 0 Å². The Kier molecular flexibility index (Phi) is 4.75. The van der Waals surface area contributed by atoms with E-state index in [1.807, 2.05) is 6.92 Å². The standard InChI is InChI=1S/C12H19N3O2/c1-8(2)5-7-17-12-10(11(13)15-16)9(3)4-6-14-12/h4,6,8,16H,5,7H2,1-3H3,(H2,13,15). The highest BCUT2D eigenvalue weighted by atomic mass is 16.5. The van der Waals surface area contributed by atoms with Gasteiger partial charge < -0.3 is 15.7 Å². The SMILES string of the molecule is Cc1ccnc(OCCC(C)C)c1/C(N)=N/O. The zero-order valence-corrected chi connectivity index (χ0v) is 10.5. The van der Waals surface area contributed by atoms with Gasteiger partial charge in [0, 0.05) is 6.20 Å². The molecule has 94 valence electrons. The van der Waals surface area contributed by atoms with Crippen LogP contribution in [0.1, 0.15) is 31.4 Å². The summed E-state index contributed by atoms with van der Waals surface area (Å²) in [6, 6.07) is 1.79. The van der Waals surface area contributed by atoms with E-state index in [-0.39, 0.29) is 5.84 Å². The molecule has 17 heavy (non-hydrogen) atoms. The first-order valence-electron chi connectivity index (χ1n) is 5.62. The smallest absolute Gasteiger partial charge is 0.224 e. The van der Waals surface area contributed by atoms with Gasteiger partial charge in [-0.2, -0.15) is 0 Å². The molecular weight excluding hydrogens is 218 g/mol. The summed E-state index contributed by atoms with van der Waals surface area (Å²) in [6.45, 7) is 6.68. The van der Waals surface area contributed by atoms with Gasteiger partial charge in [-0.25, -0.2) is 4.98 Å². The molecule has 0 unspecified atom stereocenters. The van der Waals surface area contributed by atoms with E-state index < -0.39 is 0 Å². The Morgan fingerprint density at radius 3 is 2.88 bits per heavy atom.